The summed E-state index contributed by atoms with van der Waals surface area (Å²) in [7, 11) is 1.64. The van der Waals surface area contributed by atoms with Gasteiger partial charge in [0.1, 0.15) is 11.8 Å². The van der Waals surface area contributed by atoms with Crippen molar-refractivity contribution in [2.45, 2.75) is 6.04 Å². The lowest BCUT2D eigenvalue weighted by Gasteiger charge is -2.26. The molecule has 1 aromatic carbocycles. The summed E-state index contributed by atoms with van der Waals surface area (Å²) in [5.74, 6) is 4.96. The summed E-state index contributed by atoms with van der Waals surface area (Å²) in [5, 5.41) is 0. The van der Waals surface area contributed by atoms with E-state index in [2.05, 4.69) is 0 Å². The first kappa shape index (κ1) is 12.3. The lowest BCUT2D eigenvalue weighted by atomic mass is 10.0. The molecule has 0 fully saturated rings. The van der Waals surface area contributed by atoms with E-state index in [-0.39, 0.29) is 12.5 Å². The van der Waals surface area contributed by atoms with E-state index >= 15 is 0 Å². The van der Waals surface area contributed by atoms with E-state index in [1.807, 2.05) is 5.43 Å². The Bertz CT molecular complexity index is 503. The average Bonchev–Trinajstić information content (AvgIpc) is 2.41. The van der Waals surface area contributed by atoms with Gasteiger partial charge in [0, 0.05) is 7.05 Å². The van der Waals surface area contributed by atoms with Gasteiger partial charge in [-0.25, -0.2) is 5.84 Å². The number of hydrogen-bond donors (Lipinski definition) is 3. The van der Waals surface area contributed by atoms with Crippen LogP contribution in [-0.2, 0) is 9.59 Å². The summed E-state index contributed by atoms with van der Waals surface area (Å²) in [6, 6.07) is 4.11. The zero-order valence-electron chi connectivity index (χ0n) is 9.84. The molecule has 1 aromatic rings. The van der Waals surface area contributed by atoms with Crippen molar-refractivity contribution in [2.75, 3.05) is 18.6 Å². The smallest absolute Gasteiger partial charge is 0.264 e. The Labute approximate surface area is 104 Å². The van der Waals surface area contributed by atoms with Crippen molar-refractivity contribution in [3.8, 4) is 5.75 Å². The van der Waals surface area contributed by atoms with Gasteiger partial charge >= 0.3 is 0 Å². The van der Waals surface area contributed by atoms with Crippen molar-refractivity contribution in [2.24, 2.45) is 11.6 Å². The Morgan fingerprint density at radius 3 is 2.94 bits per heavy atom. The summed E-state index contributed by atoms with van der Waals surface area (Å²) < 4.78 is 5.27. The van der Waals surface area contributed by atoms with E-state index in [0.29, 0.717) is 17.0 Å². The van der Waals surface area contributed by atoms with Crippen LogP contribution in [0, 0.1) is 0 Å². The van der Waals surface area contributed by atoms with E-state index in [1.54, 1.807) is 25.2 Å². The number of likely N-dealkylation sites (N-methyl/N-ethyl adjacent to an activating group) is 1. The lowest BCUT2D eigenvalue weighted by molar-refractivity contribution is -0.122. The molecule has 2 rings (SSSR count). The average molecular weight is 250 g/mol. The first-order chi connectivity index (χ1) is 8.54. The number of anilines is 1. The summed E-state index contributed by atoms with van der Waals surface area (Å²) >= 11 is 0. The van der Waals surface area contributed by atoms with Crippen molar-refractivity contribution >= 4 is 17.5 Å². The largest absolute Gasteiger partial charge is 0.482 e. The van der Waals surface area contributed by atoms with Crippen LogP contribution in [0.1, 0.15) is 11.6 Å². The summed E-state index contributed by atoms with van der Waals surface area (Å²) in [5.41, 5.74) is 8.86. The van der Waals surface area contributed by atoms with Crippen LogP contribution in [0.15, 0.2) is 18.2 Å². The molecule has 96 valence electrons. The van der Waals surface area contributed by atoms with Crippen molar-refractivity contribution < 1.29 is 14.3 Å². The van der Waals surface area contributed by atoms with Crippen molar-refractivity contribution in [1.82, 2.24) is 5.43 Å². The molecule has 0 radical (unpaired) electrons. The van der Waals surface area contributed by atoms with Crippen LogP contribution in [0.4, 0.5) is 5.69 Å². The fraction of sp³-hybridized carbons (Fsp3) is 0.273. The number of rotatable bonds is 2. The van der Waals surface area contributed by atoms with E-state index < -0.39 is 11.9 Å². The number of nitrogens with two attached hydrogens (primary N) is 2. The predicted octanol–water partition coefficient (Wildman–Crippen LogP) is -0.968. The highest BCUT2D eigenvalue weighted by atomic mass is 16.5. The molecule has 1 unspecified atom stereocenters. The van der Waals surface area contributed by atoms with Gasteiger partial charge in [-0.05, 0) is 17.7 Å². The Morgan fingerprint density at radius 2 is 2.28 bits per heavy atom. The molecule has 5 N–H and O–H groups in total. The van der Waals surface area contributed by atoms with Gasteiger partial charge in [0.15, 0.2) is 6.61 Å². The van der Waals surface area contributed by atoms with Gasteiger partial charge in [0.25, 0.3) is 11.8 Å². The first-order valence-electron chi connectivity index (χ1n) is 5.34. The highest BCUT2D eigenvalue weighted by molar-refractivity contribution is 5.97. The molecule has 0 saturated carbocycles. The molecule has 0 saturated heterocycles. The Kier molecular flexibility index (Phi) is 3.17. The van der Waals surface area contributed by atoms with Crippen LogP contribution < -0.4 is 26.6 Å². The molecule has 2 amide bonds. The van der Waals surface area contributed by atoms with Crippen LogP contribution in [0.2, 0.25) is 0 Å². The summed E-state index contributed by atoms with van der Waals surface area (Å²) in [6.07, 6.45) is 0. The SMILES string of the molecule is CN1C(=O)COc2ccc(C(N)C(=O)NN)cc21. The molecule has 0 aromatic heterocycles. The molecule has 1 heterocycles. The van der Waals surface area contributed by atoms with Crippen LogP contribution in [0.3, 0.4) is 0 Å². The molecule has 7 heteroatoms. The maximum atomic E-state index is 11.5. The van der Waals surface area contributed by atoms with Gasteiger partial charge in [-0.1, -0.05) is 6.07 Å². The second-order valence-electron chi connectivity index (χ2n) is 3.95. The number of amides is 2. The molecule has 1 aliphatic heterocycles. The van der Waals surface area contributed by atoms with Crippen molar-refractivity contribution in [3.05, 3.63) is 23.8 Å². The summed E-state index contributed by atoms with van der Waals surface area (Å²) in [6.45, 7) is 0.0121. The maximum absolute atomic E-state index is 11.5. The number of benzene rings is 1. The Morgan fingerprint density at radius 1 is 1.56 bits per heavy atom. The molecule has 7 nitrogen and oxygen atoms in total. The van der Waals surface area contributed by atoms with Crippen molar-refractivity contribution in [3.63, 3.8) is 0 Å². The van der Waals surface area contributed by atoms with Crippen LogP contribution in [0.5, 0.6) is 5.75 Å². The Balaban J connectivity index is 2.37. The van der Waals surface area contributed by atoms with Gasteiger partial charge < -0.3 is 15.4 Å². The predicted molar refractivity (Wildman–Crippen MR) is 64.6 cm³/mol. The molecule has 0 aliphatic carbocycles. The van der Waals surface area contributed by atoms with E-state index in [0.717, 1.165) is 0 Å². The zero-order valence-corrected chi connectivity index (χ0v) is 9.84. The van der Waals surface area contributed by atoms with E-state index in [1.165, 1.54) is 4.90 Å². The summed E-state index contributed by atoms with van der Waals surface area (Å²) in [4.78, 5) is 24.3. The van der Waals surface area contributed by atoms with Crippen LogP contribution in [-0.4, -0.2) is 25.5 Å². The molecule has 1 atom stereocenters. The number of hydrogen-bond acceptors (Lipinski definition) is 5. The van der Waals surface area contributed by atoms with Gasteiger partial charge in [-0.15, -0.1) is 0 Å². The van der Waals surface area contributed by atoms with Gasteiger partial charge in [-0.3, -0.25) is 15.0 Å². The monoisotopic (exact) mass is 250 g/mol. The second-order valence-corrected chi connectivity index (χ2v) is 3.95. The number of carbonyl (C=O) groups excluding carboxylic acids is 2. The number of carbonyl (C=O) groups is 2. The third-order valence-electron chi connectivity index (χ3n) is 2.85. The van der Waals surface area contributed by atoms with Gasteiger partial charge in [0.2, 0.25) is 0 Å². The van der Waals surface area contributed by atoms with Gasteiger partial charge in [-0.2, -0.15) is 0 Å². The molecular weight excluding hydrogens is 236 g/mol. The van der Waals surface area contributed by atoms with E-state index in [9.17, 15) is 9.59 Å². The minimum Gasteiger partial charge on any atom is -0.482 e. The number of nitrogens with zero attached hydrogens (tertiary/aromatic N) is 1. The van der Waals surface area contributed by atoms with Crippen LogP contribution >= 0.6 is 0 Å². The molecule has 1 aliphatic rings. The fourth-order valence-corrected chi connectivity index (χ4v) is 1.72. The normalized spacial score (nSPS) is 15.7. The first-order valence-corrected chi connectivity index (χ1v) is 5.34. The molecule has 0 bridgehead atoms. The number of fused-ring (bicyclic) bond motifs is 1. The highest BCUT2D eigenvalue weighted by Crippen LogP contribution is 2.33. The highest BCUT2D eigenvalue weighted by Gasteiger charge is 2.24. The number of hydrazine groups is 1. The molecule has 18 heavy (non-hydrogen) atoms. The fourth-order valence-electron chi connectivity index (χ4n) is 1.72. The third kappa shape index (κ3) is 2.01. The minimum atomic E-state index is -0.884. The minimum absolute atomic E-state index is 0.0121. The quantitative estimate of drug-likeness (QED) is 0.355. The van der Waals surface area contributed by atoms with E-state index in [4.69, 9.17) is 16.3 Å². The van der Waals surface area contributed by atoms with Crippen molar-refractivity contribution in [1.29, 1.82) is 0 Å². The lowest BCUT2D eigenvalue weighted by Crippen LogP contribution is -2.39. The maximum Gasteiger partial charge on any atom is 0.264 e. The molecule has 0 spiro atoms. The van der Waals surface area contributed by atoms with Crippen LogP contribution in [0.25, 0.3) is 0 Å². The second kappa shape index (κ2) is 4.63. The topological polar surface area (TPSA) is 111 Å². The van der Waals surface area contributed by atoms with Gasteiger partial charge in [0.05, 0.1) is 5.69 Å². The standard InChI is InChI=1S/C11H14N4O3/c1-15-7-4-6(10(12)11(17)14-13)2-3-8(7)18-5-9(15)16/h2-4,10H,5,12-13H2,1H3,(H,14,17). The Hall–Kier alpha value is -2.12. The number of ether oxygens (including phenoxy) is 1. The zero-order chi connectivity index (χ0) is 13.3. The number of nitrogens with one attached hydrogen (secondary N) is 1. The molecular formula is C11H14N4O3. The third-order valence-corrected chi connectivity index (χ3v) is 2.85.